The van der Waals surface area contributed by atoms with Crippen LogP contribution in [0, 0.1) is 5.92 Å². The van der Waals surface area contributed by atoms with E-state index in [-0.39, 0.29) is 0 Å². The van der Waals surface area contributed by atoms with E-state index in [0.717, 1.165) is 19.6 Å². The van der Waals surface area contributed by atoms with Gasteiger partial charge < -0.3 is 5.73 Å². The summed E-state index contributed by atoms with van der Waals surface area (Å²) < 4.78 is 0. The molecule has 0 heterocycles. The van der Waals surface area contributed by atoms with Gasteiger partial charge in [-0.2, -0.15) is 0 Å². The van der Waals surface area contributed by atoms with Crippen molar-refractivity contribution in [1.29, 1.82) is 0 Å². The van der Waals surface area contributed by atoms with Crippen molar-refractivity contribution in [2.75, 3.05) is 19.6 Å². The molecule has 0 aromatic carbocycles. The van der Waals surface area contributed by atoms with E-state index in [1.807, 2.05) is 6.08 Å². The zero-order valence-corrected chi connectivity index (χ0v) is 10.00. The molecule has 2 heteroatoms. The molecule has 0 aliphatic rings. The van der Waals surface area contributed by atoms with Crippen LogP contribution in [0.25, 0.3) is 0 Å². The molecule has 84 valence electrons. The molecule has 0 aromatic heterocycles. The first kappa shape index (κ1) is 13.7. The summed E-state index contributed by atoms with van der Waals surface area (Å²) in [5.74, 6) is 0.660. The average Bonchev–Trinajstić information content (AvgIpc) is 2.16. The number of nitrogens with two attached hydrogens (primary N) is 1. The van der Waals surface area contributed by atoms with Gasteiger partial charge in [0.05, 0.1) is 0 Å². The predicted molar refractivity (Wildman–Crippen MR) is 64.4 cm³/mol. The van der Waals surface area contributed by atoms with E-state index >= 15 is 0 Å². The molecular formula is C12H26N2. The van der Waals surface area contributed by atoms with Crippen molar-refractivity contribution in [3.63, 3.8) is 0 Å². The maximum atomic E-state index is 5.58. The highest BCUT2D eigenvalue weighted by Gasteiger charge is 2.07. The Bertz CT molecular complexity index is 143. The molecule has 1 unspecified atom stereocenters. The van der Waals surface area contributed by atoms with Crippen molar-refractivity contribution >= 4 is 0 Å². The van der Waals surface area contributed by atoms with Crippen molar-refractivity contribution in [2.45, 2.75) is 39.7 Å². The topological polar surface area (TPSA) is 29.3 Å². The number of nitrogens with zero attached hydrogens (tertiary/aromatic N) is 1. The van der Waals surface area contributed by atoms with Crippen LogP contribution >= 0.6 is 0 Å². The average molecular weight is 198 g/mol. The van der Waals surface area contributed by atoms with Gasteiger partial charge in [-0.15, -0.1) is 6.58 Å². The molecule has 0 fully saturated rings. The lowest BCUT2D eigenvalue weighted by molar-refractivity contribution is 0.236. The van der Waals surface area contributed by atoms with E-state index < -0.39 is 0 Å². The van der Waals surface area contributed by atoms with Gasteiger partial charge in [0.25, 0.3) is 0 Å². The van der Waals surface area contributed by atoms with Gasteiger partial charge in [-0.1, -0.05) is 13.0 Å². The lowest BCUT2D eigenvalue weighted by Crippen LogP contribution is -2.32. The quantitative estimate of drug-likeness (QED) is 0.606. The molecule has 2 nitrogen and oxygen atoms in total. The van der Waals surface area contributed by atoms with Crippen LogP contribution in [-0.4, -0.2) is 30.6 Å². The maximum Gasteiger partial charge on any atom is 0.0163 e. The van der Waals surface area contributed by atoms with Crippen LogP contribution in [0.15, 0.2) is 12.7 Å². The van der Waals surface area contributed by atoms with Gasteiger partial charge in [-0.05, 0) is 45.7 Å². The predicted octanol–water partition coefficient (Wildman–Crippen LogP) is 2.26. The van der Waals surface area contributed by atoms with Gasteiger partial charge >= 0.3 is 0 Å². The lowest BCUT2D eigenvalue weighted by Gasteiger charge is -2.25. The third kappa shape index (κ3) is 6.17. The summed E-state index contributed by atoms with van der Waals surface area (Å²) >= 11 is 0. The molecule has 0 aliphatic heterocycles. The summed E-state index contributed by atoms with van der Waals surface area (Å²) in [6, 6.07) is 0.612. The Morgan fingerprint density at radius 2 is 2.00 bits per heavy atom. The Hall–Kier alpha value is -0.340. The maximum absolute atomic E-state index is 5.58. The second-order valence-electron chi connectivity index (χ2n) is 4.36. The summed E-state index contributed by atoms with van der Waals surface area (Å²) in [6.07, 6.45) is 4.45. The zero-order chi connectivity index (χ0) is 11.0. The first-order valence-electron chi connectivity index (χ1n) is 5.66. The summed E-state index contributed by atoms with van der Waals surface area (Å²) in [4.78, 5) is 2.44. The second-order valence-corrected chi connectivity index (χ2v) is 4.36. The molecule has 0 amide bonds. The van der Waals surface area contributed by atoms with Crippen molar-refractivity contribution in [2.24, 2.45) is 11.7 Å². The van der Waals surface area contributed by atoms with Gasteiger partial charge in [0.2, 0.25) is 0 Å². The zero-order valence-electron chi connectivity index (χ0n) is 10.00. The van der Waals surface area contributed by atoms with E-state index in [9.17, 15) is 0 Å². The molecule has 14 heavy (non-hydrogen) atoms. The van der Waals surface area contributed by atoms with Crippen molar-refractivity contribution < 1.29 is 0 Å². The summed E-state index contributed by atoms with van der Waals surface area (Å²) in [5.41, 5.74) is 5.58. The standard InChI is InChI=1S/C12H26N2/c1-5-8-14(11(2)3)9-6-7-12(4)10-13/h5,11-12H,1,6-10,13H2,2-4H3. The molecule has 1 atom stereocenters. The smallest absolute Gasteiger partial charge is 0.0163 e. The third-order valence-corrected chi connectivity index (χ3v) is 2.64. The largest absolute Gasteiger partial charge is 0.330 e. The lowest BCUT2D eigenvalue weighted by atomic mass is 10.1. The Labute approximate surface area is 89.2 Å². The van der Waals surface area contributed by atoms with Gasteiger partial charge in [0.1, 0.15) is 0 Å². The first-order chi connectivity index (χ1) is 6.61. The minimum atomic E-state index is 0.612. The molecule has 0 spiro atoms. The van der Waals surface area contributed by atoms with Crippen LogP contribution in [-0.2, 0) is 0 Å². The highest BCUT2D eigenvalue weighted by molar-refractivity contribution is 4.75. The highest BCUT2D eigenvalue weighted by Crippen LogP contribution is 2.06. The van der Waals surface area contributed by atoms with Crippen LogP contribution in [0.1, 0.15) is 33.6 Å². The van der Waals surface area contributed by atoms with E-state index in [4.69, 9.17) is 5.73 Å². The minimum Gasteiger partial charge on any atom is -0.330 e. The summed E-state index contributed by atoms with van der Waals surface area (Å²) in [6.45, 7) is 13.4. The Morgan fingerprint density at radius 3 is 2.43 bits per heavy atom. The SMILES string of the molecule is C=CCN(CCCC(C)CN)C(C)C. The molecule has 0 aromatic rings. The van der Waals surface area contributed by atoms with Crippen LogP contribution in [0.3, 0.4) is 0 Å². The Balaban J connectivity index is 3.65. The molecular weight excluding hydrogens is 172 g/mol. The van der Waals surface area contributed by atoms with E-state index in [0.29, 0.717) is 12.0 Å². The van der Waals surface area contributed by atoms with Crippen LogP contribution in [0.2, 0.25) is 0 Å². The van der Waals surface area contributed by atoms with Crippen molar-refractivity contribution in [3.8, 4) is 0 Å². The van der Waals surface area contributed by atoms with Gasteiger partial charge in [-0.25, -0.2) is 0 Å². The molecule has 0 bridgehead atoms. The fraction of sp³-hybridized carbons (Fsp3) is 0.833. The van der Waals surface area contributed by atoms with Gasteiger partial charge in [0.15, 0.2) is 0 Å². The van der Waals surface area contributed by atoms with Crippen molar-refractivity contribution in [1.82, 2.24) is 4.90 Å². The molecule has 0 saturated carbocycles. The van der Waals surface area contributed by atoms with E-state index in [1.165, 1.54) is 12.8 Å². The Kier molecular flexibility index (Phi) is 7.81. The second kappa shape index (κ2) is 8.01. The van der Waals surface area contributed by atoms with Crippen LogP contribution in [0.4, 0.5) is 0 Å². The molecule has 0 saturated heterocycles. The summed E-state index contributed by atoms with van der Waals surface area (Å²) in [5, 5.41) is 0. The van der Waals surface area contributed by atoms with Crippen LogP contribution < -0.4 is 5.73 Å². The Morgan fingerprint density at radius 1 is 1.36 bits per heavy atom. The number of hydrogen-bond donors (Lipinski definition) is 1. The molecule has 2 N–H and O–H groups in total. The fourth-order valence-corrected chi connectivity index (χ4v) is 1.49. The van der Waals surface area contributed by atoms with Crippen LogP contribution in [0.5, 0.6) is 0 Å². The number of hydrogen-bond acceptors (Lipinski definition) is 2. The number of rotatable bonds is 8. The van der Waals surface area contributed by atoms with E-state index in [1.54, 1.807) is 0 Å². The van der Waals surface area contributed by atoms with Gasteiger partial charge in [-0.3, -0.25) is 4.90 Å². The molecule has 0 radical (unpaired) electrons. The van der Waals surface area contributed by atoms with Gasteiger partial charge in [0, 0.05) is 12.6 Å². The minimum absolute atomic E-state index is 0.612. The normalized spacial score (nSPS) is 13.6. The highest BCUT2D eigenvalue weighted by atomic mass is 15.1. The monoisotopic (exact) mass is 198 g/mol. The summed E-state index contributed by atoms with van der Waals surface area (Å²) in [7, 11) is 0. The molecule has 0 rings (SSSR count). The third-order valence-electron chi connectivity index (χ3n) is 2.64. The van der Waals surface area contributed by atoms with E-state index in [2.05, 4.69) is 32.3 Å². The molecule has 0 aliphatic carbocycles. The first-order valence-corrected chi connectivity index (χ1v) is 5.66. The fourth-order valence-electron chi connectivity index (χ4n) is 1.49. The van der Waals surface area contributed by atoms with Crippen molar-refractivity contribution in [3.05, 3.63) is 12.7 Å².